The van der Waals surface area contributed by atoms with Crippen molar-refractivity contribution in [1.82, 2.24) is 24.6 Å². The van der Waals surface area contributed by atoms with Crippen molar-refractivity contribution in [3.8, 4) is 5.69 Å². The van der Waals surface area contributed by atoms with Crippen LogP contribution in [0.4, 0.5) is 0 Å². The second-order valence-electron chi connectivity index (χ2n) is 6.35. The third-order valence-corrected chi connectivity index (χ3v) is 4.81. The fourth-order valence-electron chi connectivity index (χ4n) is 3.25. The van der Waals surface area contributed by atoms with E-state index in [9.17, 15) is 4.79 Å². The molecule has 2 N–H and O–H groups in total. The van der Waals surface area contributed by atoms with E-state index in [1.807, 2.05) is 41.9 Å². The van der Waals surface area contributed by atoms with Crippen LogP contribution in [0.15, 0.2) is 41.3 Å². The first-order chi connectivity index (χ1) is 12.1. The summed E-state index contributed by atoms with van der Waals surface area (Å²) in [4.78, 5) is 20.2. The largest absolute Gasteiger partial charge is 0.335 e. The summed E-state index contributed by atoms with van der Waals surface area (Å²) in [5.74, 6) is 0. The van der Waals surface area contributed by atoms with Gasteiger partial charge >= 0.3 is 0 Å². The number of H-pyrrole nitrogens is 2. The molecule has 0 amide bonds. The summed E-state index contributed by atoms with van der Waals surface area (Å²) in [6.07, 6.45) is 2.87. The van der Waals surface area contributed by atoms with Crippen molar-refractivity contribution < 1.29 is 0 Å². The van der Waals surface area contributed by atoms with Crippen molar-refractivity contribution in [2.45, 2.75) is 26.4 Å². The smallest absolute Gasteiger partial charge is 0.256 e. The molecule has 6 nitrogen and oxygen atoms in total. The van der Waals surface area contributed by atoms with E-state index < -0.39 is 0 Å². The lowest BCUT2D eigenvalue weighted by Gasteiger charge is -2.27. The summed E-state index contributed by atoms with van der Waals surface area (Å²) in [5, 5.41) is 4.62. The molecule has 0 fully saturated rings. The number of rotatable bonds is 3. The molecular formula is C18H19N5OS. The number of hydrogen-bond donors (Lipinski definition) is 2. The highest BCUT2D eigenvalue weighted by atomic mass is 32.1. The topological polar surface area (TPSA) is 69.7 Å². The predicted molar refractivity (Wildman–Crippen MR) is 98.4 cm³/mol. The summed E-state index contributed by atoms with van der Waals surface area (Å²) in [5.41, 5.74) is 4.89. The Labute approximate surface area is 150 Å². The van der Waals surface area contributed by atoms with E-state index in [1.165, 1.54) is 5.56 Å². The Balaban J connectivity index is 1.56. The first-order valence-corrected chi connectivity index (χ1v) is 8.68. The molecule has 25 heavy (non-hydrogen) atoms. The monoisotopic (exact) mass is 353 g/mol. The normalized spacial score (nSPS) is 14.4. The van der Waals surface area contributed by atoms with Gasteiger partial charge in [0.25, 0.3) is 5.56 Å². The molecule has 0 spiro atoms. The minimum absolute atomic E-state index is 0.0832. The van der Waals surface area contributed by atoms with Crippen LogP contribution in [0.3, 0.4) is 0 Å². The van der Waals surface area contributed by atoms with Crippen molar-refractivity contribution in [2.75, 3.05) is 6.54 Å². The first kappa shape index (κ1) is 16.0. The highest BCUT2D eigenvalue weighted by Crippen LogP contribution is 2.18. The Bertz CT molecular complexity index is 1020. The molecule has 4 rings (SSSR count). The SMILES string of the molecule is Cc1nn(-c2ccccc2)cc1CN1CCc2[nH]c(=S)[nH]c(=O)c2C1. The van der Waals surface area contributed by atoms with Crippen molar-refractivity contribution in [3.05, 3.63) is 74.2 Å². The molecule has 0 unspecified atom stereocenters. The van der Waals surface area contributed by atoms with E-state index in [0.29, 0.717) is 11.3 Å². The Hall–Kier alpha value is -2.51. The highest BCUT2D eigenvalue weighted by molar-refractivity contribution is 7.71. The van der Waals surface area contributed by atoms with Gasteiger partial charge in [-0.1, -0.05) is 18.2 Å². The zero-order valence-electron chi connectivity index (χ0n) is 14.0. The lowest BCUT2D eigenvalue weighted by Crippen LogP contribution is -2.35. The van der Waals surface area contributed by atoms with Crippen LogP contribution in [0, 0.1) is 11.7 Å². The van der Waals surface area contributed by atoms with Gasteiger partial charge in [0.1, 0.15) is 0 Å². The summed E-state index contributed by atoms with van der Waals surface area (Å²) in [7, 11) is 0. The third kappa shape index (κ3) is 3.20. The molecule has 1 aliphatic heterocycles. The van der Waals surface area contributed by atoms with Crippen LogP contribution >= 0.6 is 12.2 Å². The maximum atomic E-state index is 12.2. The van der Waals surface area contributed by atoms with E-state index >= 15 is 0 Å². The fraction of sp³-hybridized carbons (Fsp3) is 0.278. The van der Waals surface area contributed by atoms with E-state index in [4.69, 9.17) is 12.2 Å². The zero-order valence-corrected chi connectivity index (χ0v) is 14.8. The molecule has 0 saturated carbocycles. The number of nitrogens with one attached hydrogen (secondary N) is 2. The number of hydrogen-bond acceptors (Lipinski definition) is 4. The molecule has 1 aromatic carbocycles. The van der Waals surface area contributed by atoms with Gasteiger partial charge in [-0.15, -0.1) is 0 Å². The van der Waals surface area contributed by atoms with Gasteiger partial charge in [0.05, 0.1) is 16.9 Å². The summed E-state index contributed by atoms with van der Waals surface area (Å²) >= 11 is 5.05. The van der Waals surface area contributed by atoms with Crippen molar-refractivity contribution in [1.29, 1.82) is 0 Å². The quantitative estimate of drug-likeness (QED) is 0.710. The standard InChI is InChI=1S/C18H19N5OS/c1-12-13(10-23(21-12)14-5-3-2-4-6-14)9-22-8-7-16-15(11-22)17(24)20-18(25)19-16/h2-6,10H,7-9,11H2,1H3,(H2,19,20,24,25). The van der Waals surface area contributed by atoms with Crippen LogP contribution in [0.2, 0.25) is 0 Å². The van der Waals surface area contributed by atoms with Gasteiger partial charge in [-0.25, -0.2) is 4.68 Å². The third-order valence-electron chi connectivity index (χ3n) is 4.60. The van der Waals surface area contributed by atoms with Crippen LogP contribution in [-0.2, 0) is 19.5 Å². The lowest BCUT2D eigenvalue weighted by atomic mass is 10.1. The molecule has 0 atom stereocenters. The number of para-hydroxylation sites is 1. The maximum Gasteiger partial charge on any atom is 0.256 e. The van der Waals surface area contributed by atoms with Crippen LogP contribution < -0.4 is 5.56 Å². The van der Waals surface area contributed by atoms with Gasteiger partial charge in [0, 0.05) is 43.5 Å². The van der Waals surface area contributed by atoms with Gasteiger partial charge < -0.3 is 4.98 Å². The number of benzene rings is 1. The summed E-state index contributed by atoms with van der Waals surface area (Å²) in [6, 6.07) is 10.1. The Morgan fingerprint density at radius 2 is 2.04 bits per heavy atom. The second-order valence-corrected chi connectivity index (χ2v) is 6.75. The van der Waals surface area contributed by atoms with Gasteiger partial charge in [-0.3, -0.25) is 14.7 Å². The zero-order chi connectivity index (χ0) is 17.4. The van der Waals surface area contributed by atoms with Crippen molar-refractivity contribution in [3.63, 3.8) is 0 Å². The van der Waals surface area contributed by atoms with E-state index in [0.717, 1.165) is 42.1 Å². The Morgan fingerprint density at radius 1 is 1.24 bits per heavy atom. The average Bonchev–Trinajstić information content (AvgIpc) is 2.97. The number of aromatic amines is 2. The van der Waals surface area contributed by atoms with Gasteiger partial charge in [-0.2, -0.15) is 5.10 Å². The molecule has 7 heteroatoms. The van der Waals surface area contributed by atoms with E-state index in [1.54, 1.807) is 0 Å². The molecule has 0 aliphatic carbocycles. The lowest BCUT2D eigenvalue weighted by molar-refractivity contribution is 0.241. The van der Waals surface area contributed by atoms with Crippen LogP contribution in [0.1, 0.15) is 22.5 Å². The predicted octanol–water partition coefficient (Wildman–Crippen LogP) is 2.48. The van der Waals surface area contributed by atoms with Crippen molar-refractivity contribution in [2.24, 2.45) is 0 Å². The molecule has 128 valence electrons. The molecule has 2 aromatic heterocycles. The fourth-order valence-corrected chi connectivity index (χ4v) is 3.47. The van der Waals surface area contributed by atoms with E-state index in [2.05, 4.69) is 26.2 Å². The first-order valence-electron chi connectivity index (χ1n) is 8.27. The molecule has 1 aliphatic rings. The Morgan fingerprint density at radius 3 is 2.84 bits per heavy atom. The minimum Gasteiger partial charge on any atom is -0.335 e. The molecule has 0 bridgehead atoms. The highest BCUT2D eigenvalue weighted by Gasteiger charge is 2.21. The van der Waals surface area contributed by atoms with Crippen LogP contribution in [0.25, 0.3) is 5.69 Å². The second kappa shape index (κ2) is 6.42. The minimum atomic E-state index is -0.0832. The van der Waals surface area contributed by atoms with Crippen molar-refractivity contribution >= 4 is 12.2 Å². The molecule has 3 heterocycles. The van der Waals surface area contributed by atoms with Crippen LogP contribution in [0.5, 0.6) is 0 Å². The number of nitrogens with zero attached hydrogens (tertiary/aromatic N) is 3. The number of aromatic nitrogens is 4. The summed E-state index contributed by atoms with van der Waals surface area (Å²) < 4.78 is 2.31. The molecule has 0 radical (unpaired) electrons. The van der Waals surface area contributed by atoms with Gasteiger partial charge in [0.2, 0.25) is 0 Å². The number of fused-ring (bicyclic) bond motifs is 1. The van der Waals surface area contributed by atoms with Gasteiger partial charge in [-0.05, 0) is 31.3 Å². The average molecular weight is 353 g/mol. The number of aryl methyl sites for hydroxylation is 1. The molecule has 3 aromatic rings. The van der Waals surface area contributed by atoms with E-state index in [-0.39, 0.29) is 5.56 Å². The van der Waals surface area contributed by atoms with Gasteiger partial charge in [0.15, 0.2) is 4.77 Å². The summed E-state index contributed by atoms with van der Waals surface area (Å²) in [6.45, 7) is 4.30. The van der Waals surface area contributed by atoms with Crippen LogP contribution in [-0.4, -0.2) is 31.2 Å². The maximum absolute atomic E-state index is 12.2. The Kier molecular flexibility index (Phi) is 4.10. The molecular weight excluding hydrogens is 334 g/mol. The molecule has 0 saturated heterocycles.